The highest BCUT2D eigenvalue weighted by Crippen LogP contribution is 2.25. The van der Waals surface area contributed by atoms with Crippen LogP contribution in [-0.2, 0) is 0 Å². The fourth-order valence-electron chi connectivity index (χ4n) is 2.99. The molecule has 1 N–H and O–H groups in total. The number of nitrogens with zero attached hydrogens (tertiary/aromatic N) is 2. The van der Waals surface area contributed by atoms with Gasteiger partial charge in [-0.1, -0.05) is 42.5 Å². The Morgan fingerprint density at radius 3 is 2.62 bits per heavy atom. The molecule has 0 fully saturated rings. The van der Waals surface area contributed by atoms with Crippen molar-refractivity contribution in [2.75, 3.05) is 0 Å². The number of hydrogen-bond acceptors (Lipinski definition) is 4. The first-order valence-corrected chi connectivity index (χ1v) is 9.09. The summed E-state index contributed by atoms with van der Waals surface area (Å²) in [5.74, 6) is 0.391. The molecule has 29 heavy (non-hydrogen) atoms. The van der Waals surface area contributed by atoms with E-state index in [1.54, 1.807) is 48.5 Å². The molecule has 5 heteroatoms. The van der Waals surface area contributed by atoms with Crippen LogP contribution in [0.2, 0.25) is 0 Å². The van der Waals surface area contributed by atoms with E-state index in [0.29, 0.717) is 28.3 Å². The lowest BCUT2D eigenvalue weighted by atomic mass is 10.1. The van der Waals surface area contributed by atoms with Gasteiger partial charge in [-0.15, -0.1) is 0 Å². The molecule has 0 aliphatic rings. The maximum atomic E-state index is 12.4. The number of esters is 1. The Balaban J connectivity index is 1.69. The molecule has 1 aromatic heterocycles. The van der Waals surface area contributed by atoms with Gasteiger partial charge in [0.2, 0.25) is 0 Å². The smallest absolute Gasteiger partial charge is 0.343 e. The summed E-state index contributed by atoms with van der Waals surface area (Å²) >= 11 is 0. The first-order valence-electron chi connectivity index (χ1n) is 9.09. The Bertz CT molecular complexity index is 1260. The monoisotopic (exact) mass is 379 g/mol. The lowest BCUT2D eigenvalue weighted by Crippen LogP contribution is -2.08. The number of aromatic nitrogens is 2. The van der Waals surface area contributed by atoms with Gasteiger partial charge in [0.15, 0.2) is 0 Å². The SMILES string of the molecule is Cc1ccc2nc(/C(C#N)=C\c3ccccc3OC(=O)c3ccccc3)[nH]c2c1. The topological polar surface area (TPSA) is 78.8 Å². The van der Waals surface area contributed by atoms with E-state index in [2.05, 4.69) is 16.0 Å². The third-order valence-corrected chi connectivity index (χ3v) is 4.44. The molecule has 1 heterocycles. The Morgan fingerprint density at radius 2 is 1.83 bits per heavy atom. The molecule has 0 bridgehead atoms. The maximum Gasteiger partial charge on any atom is 0.343 e. The number of H-pyrrole nitrogens is 1. The average Bonchev–Trinajstić information content (AvgIpc) is 3.16. The van der Waals surface area contributed by atoms with E-state index >= 15 is 0 Å². The molecule has 0 unspecified atom stereocenters. The number of hydrogen-bond donors (Lipinski definition) is 1. The fourth-order valence-corrected chi connectivity index (χ4v) is 2.99. The number of nitrogens with one attached hydrogen (secondary N) is 1. The molecule has 140 valence electrons. The van der Waals surface area contributed by atoms with Gasteiger partial charge in [-0.2, -0.15) is 5.26 Å². The van der Waals surface area contributed by atoms with Crippen LogP contribution in [0, 0.1) is 18.3 Å². The van der Waals surface area contributed by atoms with Crippen LogP contribution in [0.1, 0.15) is 27.3 Å². The van der Waals surface area contributed by atoms with Crippen molar-refractivity contribution in [2.24, 2.45) is 0 Å². The normalized spacial score (nSPS) is 11.2. The van der Waals surface area contributed by atoms with Crippen molar-refractivity contribution in [2.45, 2.75) is 6.92 Å². The molecule has 5 nitrogen and oxygen atoms in total. The Morgan fingerprint density at radius 1 is 1.07 bits per heavy atom. The summed E-state index contributed by atoms with van der Waals surface area (Å²) in [6.07, 6.45) is 1.66. The van der Waals surface area contributed by atoms with Crippen LogP contribution in [0.15, 0.2) is 72.8 Å². The first-order chi connectivity index (χ1) is 14.1. The first kappa shape index (κ1) is 18.2. The van der Waals surface area contributed by atoms with Gasteiger partial charge in [0.05, 0.1) is 22.2 Å². The third kappa shape index (κ3) is 3.92. The number of nitriles is 1. The summed E-state index contributed by atoms with van der Waals surface area (Å²) in [5, 5.41) is 9.69. The molecule has 0 atom stereocenters. The molecular weight excluding hydrogens is 362 g/mol. The molecule has 0 radical (unpaired) electrons. The van der Waals surface area contributed by atoms with Gasteiger partial charge in [0, 0.05) is 5.56 Å². The Labute approximate surface area is 167 Å². The molecule has 3 aromatic carbocycles. The number of aryl methyl sites for hydroxylation is 1. The van der Waals surface area contributed by atoms with Crippen LogP contribution in [-0.4, -0.2) is 15.9 Å². The number of allylic oxidation sites excluding steroid dienone is 1. The number of fused-ring (bicyclic) bond motifs is 1. The van der Waals surface area contributed by atoms with E-state index in [9.17, 15) is 10.1 Å². The van der Waals surface area contributed by atoms with Gasteiger partial charge < -0.3 is 9.72 Å². The van der Waals surface area contributed by atoms with Crippen molar-refractivity contribution >= 4 is 28.7 Å². The van der Waals surface area contributed by atoms with Gasteiger partial charge in [-0.25, -0.2) is 9.78 Å². The standard InChI is InChI=1S/C24H17N3O2/c1-16-11-12-20-21(13-16)27-23(26-20)19(15-25)14-18-9-5-6-10-22(18)29-24(28)17-7-3-2-4-8-17/h2-14H,1H3,(H,26,27)/b19-14-. The zero-order valence-corrected chi connectivity index (χ0v) is 15.7. The minimum absolute atomic E-state index is 0.349. The van der Waals surface area contributed by atoms with Crippen molar-refractivity contribution < 1.29 is 9.53 Å². The van der Waals surface area contributed by atoms with Gasteiger partial charge in [-0.05, 0) is 48.9 Å². The number of imidazole rings is 1. The molecule has 4 rings (SSSR count). The van der Waals surface area contributed by atoms with Crippen molar-refractivity contribution in [3.05, 3.63) is 95.3 Å². The summed E-state index contributed by atoms with van der Waals surface area (Å²) < 4.78 is 5.56. The maximum absolute atomic E-state index is 12.4. The molecule has 0 aliphatic carbocycles. The summed E-state index contributed by atoms with van der Waals surface area (Å²) in [7, 11) is 0. The largest absolute Gasteiger partial charge is 0.422 e. The van der Waals surface area contributed by atoms with Gasteiger partial charge in [0.25, 0.3) is 0 Å². The van der Waals surface area contributed by atoms with Crippen LogP contribution >= 0.6 is 0 Å². The quantitative estimate of drug-likeness (QED) is 0.302. The molecule has 0 spiro atoms. The van der Waals surface area contributed by atoms with Gasteiger partial charge >= 0.3 is 5.97 Å². The second kappa shape index (κ2) is 7.83. The molecule has 0 amide bonds. The predicted octanol–water partition coefficient (Wildman–Crippen LogP) is 5.15. The van der Waals surface area contributed by atoms with Crippen molar-refractivity contribution in [3.8, 4) is 11.8 Å². The molecule has 0 saturated heterocycles. The summed E-state index contributed by atoms with van der Waals surface area (Å²) in [4.78, 5) is 20.1. The zero-order valence-electron chi connectivity index (χ0n) is 15.7. The molecule has 4 aromatic rings. The number of carbonyl (C=O) groups excluding carboxylic acids is 1. The highest BCUT2D eigenvalue weighted by atomic mass is 16.5. The van der Waals surface area contributed by atoms with Gasteiger partial charge in [0.1, 0.15) is 17.6 Å². The number of carbonyl (C=O) groups is 1. The van der Waals surface area contributed by atoms with Crippen molar-refractivity contribution in [3.63, 3.8) is 0 Å². The van der Waals surface area contributed by atoms with Crippen LogP contribution in [0.3, 0.4) is 0 Å². The summed E-state index contributed by atoms with van der Waals surface area (Å²) in [6.45, 7) is 2.00. The van der Waals surface area contributed by atoms with E-state index in [1.165, 1.54) is 0 Å². The number of benzene rings is 3. The van der Waals surface area contributed by atoms with E-state index < -0.39 is 5.97 Å². The van der Waals surface area contributed by atoms with E-state index in [-0.39, 0.29) is 0 Å². The molecular formula is C24H17N3O2. The van der Waals surface area contributed by atoms with Crippen LogP contribution in [0.25, 0.3) is 22.7 Å². The molecule has 0 saturated carbocycles. The van der Waals surface area contributed by atoms with Crippen LogP contribution in [0.5, 0.6) is 5.75 Å². The van der Waals surface area contributed by atoms with E-state index in [4.69, 9.17) is 4.74 Å². The Kier molecular flexibility index (Phi) is 4.91. The predicted molar refractivity (Wildman–Crippen MR) is 112 cm³/mol. The minimum Gasteiger partial charge on any atom is -0.422 e. The van der Waals surface area contributed by atoms with Crippen molar-refractivity contribution in [1.29, 1.82) is 5.26 Å². The highest BCUT2D eigenvalue weighted by Gasteiger charge is 2.13. The minimum atomic E-state index is -0.454. The Hall–Kier alpha value is -4.17. The summed E-state index contributed by atoms with van der Waals surface area (Å²) in [6, 6.07) is 23.9. The third-order valence-electron chi connectivity index (χ3n) is 4.44. The van der Waals surface area contributed by atoms with E-state index in [1.807, 2.05) is 37.3 Å². The fraction of sp³-hybridized carbons (Fsp3) is 0.0417. The average molecular weight is 379 g/mol. The lowest BCUT2D eigenvalue weighted by molar-refractivity contribution is 0.0734. The second-order valence-corrected chi connectivity index (χ2v) is 6.57. The van der Waals surface area contributed by atoms with Gasteiger partial charge in [-0.3, -0.25) is 0 Å². The number of para-hydroxylation sites is 1. The molecule has 0 aliphatic heterocycles. The lowest BCUT2D eigenvalue weighted by Gasteiger charge is -2.07. The van der Waals surface area contributed by atoms with Crippen LogP contribution in [0.4, 0.5) is 0 Å². The summed E-state index contributed by atoms with van der Waals surface area (Å²) in [5.41, 5.74) is 4.18. The van der Waals surface area contributed by atoms with Crippen LogP contribution < -0.4 is 4.74 Å². The number of rotatable bonds is 4. The number of aromatic amines is 1. The highest BCUT2D eigenvalue weighted by molar-refractivity contribution is 5.94. The zero-order chi connectivity index (χ0) is 20.2. The second-order valence-electron chi connectivity index (χ2n) is 6.57. The van der Waals surface area contributed by atoms with Crippen molar-refractivity contribution in [1.82, 2.24) is 9.97 Å². The van der Waals surface area contributed by atoms with E-state index in [0.717, 1.165) is 16.6 Å². The number of ether oxygens (including phenoxy) is 1.